The molecule has 1 amide bonds. The quantitative estimate of drug-likeness (QED) is 0.866. The van der Waals surface area contributed by atoms with Crippen molar-refractivity contribution in [1.29, 1.82) is 0 Å². The van der Waals surface area contributed by atoms with Gasteiger partial charge in [0.25, 0.3) is 5.91 Å². The second-order valence-electron chi connectivity index (χ2n) is 5.31. The number of ether oxygens (including phenoxy) is 2. The molecule has 0 atom stereocenters. The van der Waals surface area contributed by atoms with E-state index in [2.05, 4.69) is 5.10 Å². The molecule has 1 aliphatic heterocycles. The van der Waals surface area contributed by atoms with Gasteiger partial charge in [-0.25, -0.2) is 9.40 Å². The Morgan fingerprint density at radius 3 is 2.62 bits per heavy atom. The summed E-state index contributed by atoms with van der Waals surface area (Å²) in [6, 6.07) is 11.2. The van der Waals surface area contributed by atoms with Crippen LogP contribution in [0.4, 0.5) is 4.39 Å². The summed E-state index contributed by atoms with van der Waals surface area (Å²) in [5, 5.41) is 5.73. The number of rotatable bonds is 4. The van der Waals surface area contributed by atoms with E-state index in [1.54, 1.807) is 30.3 Å². The molecule has 0 unspecified atom stereocenters. The molecule has 0 fully saturated rings. The maximum atomic E-state index is 13.3. The smallest absolute Gasteiger partial charge is 0.274 e. The third kappa shape index (κ3) is 3.08. The summed E-state index contributed by atoms with van der Waals surface area (Å²) in [6.45, 7) is 0.457. The summed E-state index contributed by atoms with van der Waals surface area (Å²) in [5.74, 6) is 0.485. The molecule has 3 rings (SSSR count). The van der Waals surface area contributed by atoms with Gasteiger partial charge in [-0.1, -0.05) is 12.1 Å². The lowest BCUT2D eigenvalue weighted by Gasteiger charge is -2.13. The van der Waals surface area contributed by atoms with Crippen LogP contribution in [-0.2, 0) is 0 Å². The summed E-state index contributed by atoms with van der Waals surface area (Å²) >= 11 is 0. The van der Waals surface area contributed by atoms with E-state index in [4.69, 9.17) is 9.47 Å². The van der Waals surface area contributed by atoms with Crippen LogP contribution in [0.25, 0.3) is 0 Å². The minimum atomic E-state index is -0.320. The number of nitrogens with zero attached hydrogens (tertiary/aromatic N) is 2. The van der Waals surface area contributed by atoms with Gasteiger partial charge in [-0.05, 0) is 30.3 Å². The summed E-state index contributed by atoms with van der Waals surface area (Å²) in [7, 11) is 3.05. The molecular weight excluding hydrogens is 311 g/mol. The number of hydrogen-bond donors (Lipinski definition) is 0. The third-order valence-electron chi connectivity index (χ3n) is 3.82. The molecule has 0 N–H and O–H groups in total. The number of carbonyl (C=O) groups is 1. The van der Waals surface area contributed by atoms with Crippen LogP contribution in [0, 0.1) is 5.82 Å². The van der Waals surface area contributed by atoms with E-state index in [1.807, 2.05) is 0 Å². The zero-order valence-corrected chi connectivity index (χ0v) is 13.5. The van der Waals surface area contributed by atoms with Gasteiger partial charge >= 0.3 is 0 Å². The Kier molecular flexibility index (Phi) is 4.46. The second kappa shape index (κ2) is 6.70. The van der Waals surface area contributed by atoms with Gasteiger partial charge in [-0.15, -0.1) is 0 Å². The predicted octanol–water partition coefficient (Wildman–Crippen LogP) is 3.09. The van der Waals surface area contributed by atoms with E-state index in [9.17, 15) is 9.18 Å². The molecule has 0 spiro atoms. The third-order valence-corrected chi connectivity index (χ3v) is 3.82. The van der Waals surface area contributed by atoms with Crippen molar-refractivity contribution in [3.8, 4) is 11.5 Å². The molecule has 2 aromatic rings. The predicted molar refractivity (Wildman–Crippen MR) is 88.1 cm³/mol. The second-order valence-corrected chi connectivity index (χ2v) is 5.31. The van der Waals surface area contributed by atoms with E-state index in [-0.39, 0.29) is 11.7 Å². The lowest BCUT2D eigenvalue weighted by molar-refractivity contribution is 0.0778. The maximum absolute atomic E-state index is 13.3. The van der Waals surface area contributed by atoms with Gasteiger partial charge in [0, 0.05) is 17.5 Å². The molecule has 2 aromatic carbocycles. The van der Waals surface area contributed by atoms with Crippen molar-refractivity contribution < 1.29 is 18.7 Å². The van der Waals surface area contributed by atoms with Gasteiger partial charge in [0.1, 0.15) is 5.82 Å². The van der Waals surface area contributed by atoms with Crippen LogP contribution in [0.3, 0.4) is 0 Å². The molecule has 6 heteroatoms. The highest BCUT2D eigenvalue weighted by atomic mass is 19.1. The van der Waals surface area contributed by atoms with Crippen LogP contribution in [0.1, 0.15) is 22.3 Å². The Bertz CT molecular complexity index is 805. The number of methoxy groups -OCH3 is 2. The van der Waals surface area contributed by atoms with Gasteiger partial charge in [0.05, 0.1) is 26.5 Å². The molecule has 0 saturated carbocycles. The van der Waals surface area contributed by atoms with Gasteiger partial charge in [0.15, 0.2) is 11.5 Å². The van der Waals surface area contributed by atoms with Gasteiger partial charge in [0.2, 0.25) is 0 Å². The summed E-state index contributed by atoms with van der Waals surface area (Å²) in [5.41, 5.74) is 1.85. The fourth-order valence-corrected chi connectivity index (χ4v) is 2.59. The Morgan fingerprint density at radius 2 is 1.92 bits per heavy atom. The number of benzene rings is 2. The average molecular weight is 328 g/mol. The fourth-order valence-electron chi connectivity index (χ4n) is 2.59. The molecule has 24 heavy (non-hydrogen) atoms. The minimum Gasteiger partial charge on any atom is -0.493 e. The van der Waals surface area contributed by atoms with Gasteiger partial charge in [-0.2, -0.15) is 5.10 Å². The molecular formula is C18H17FN2O3. The van der Waals surface area contributed by atoms with Gasteiger partial charge in [-0.3, -0.25) is 4.79 Å². The normalized spacial score (nSPS) is 13.6. The van der Waals surface area contributed by atoms with Crippen LogP contribution in [0.2, 0.25) is 0 Å². The molecule has 0 radical (unpaired) electrons. The minimum absolute atomic E-state index is 0.234. The SMILES string of the molecule is COc1ccc(C(=O)N2CCC(c3cccc(F)c3)=N2)cc1OC. The first-order valence-corrected chi connectivity index (χ1v) is 7.49. The number of carbonyl (C=O) groups excluding carboxylic acids is 1. The maximum Gasteiger partial charge on any atom is 0.274 e. The Morgan fingerprint density at radius 1 is 1.12 bits per heavy atom. The zero-order valence-electron chi connectivity index (χ0n) is 13.5. The summed E-state index contributed by atoms with van der Waals surface area (Å²) < 4.78 is 23.7. The number of hydrazone groups is 1. The van der Waals surface area contributed by atoms with Crippen molar-refractivity contribution in [2.45, 2.75) is 6.42 Å². The zero-order chi connectivity index (χ0) is 17.1. The van der Waals surface area contributed by atoms with Crippen molar-refractivity contribution in [2.24, 2.45) is 5.10 Å². The molecule has 0 saturated heterocycles. The highest BCUT2D eigenvalue weighted by Crippen LogP contribution is 2.28. The molecule has 1 heterocycles. The van der Waals surface area contributed by atoms with E-state index < -0.39 is 0 Å². The highest BCUT2D eigenvalue weighted by Gasteiger charge is 2.23. The van der Waals surface area contributed by atoms with E-state index in [1.165, 1.54) is 31.4 Å². The number of halogens is 1. The Hall–Kier alpha value is -2.89. The molecule has 1 aliphatic rings. The average Bonchev–Trinajstić information content (AvgIpc) is 3.10. The first-order valence-electron chi connectivity index (χ1n) is 7.49. The molecule has 0 aliphatic carbocycles. The van der Waals surface area contributed by atoms with E-state index in [0.29, 0.717) is 41.3 Å². The number of amides is 1. The molecule has 0 aromatic heterocycles. The van der Waals surface area contributed by atoms with Crippen molar-refractivity contribution in [2.75, 3.05) is 20.8 Å². The van der Waals surface area contributed by atoms with E-state index in [0.717, 1.165) is 0 Å². The van der Waals surface area contributed by atoms with Crippen molar-refractivity contribution in [3.63, 3.8) is 0 Å². The Balaban J connectivity index is 1.84. The molecule has 0 bridgehead atoms. The van der Waals surface area contributed by atoms with Crippen LogP contribution >= 0.6 is 0 Å². The van der Waals surface area contributed by atoms with Gasteiger partial charge < -0.3 is 9.47 Å². The highest BCUT2D eigenvalue weighted by molar-refractivity contribution is 6.04. The van der Waals surface area contributed by atoms with Crippen molar-refractivity contribution >= 4 is 11.6 Å². The van der Waals surface area contributed by atoms with Crippen molar-refractivity contribution in [3.05, 3.63) is 59.4 Å². The van der Waals surface area contributed by atoms with Crippen LogP contribution in [0.15, 0.2) is 47.6 Å². The standard InChI is InChI=1S/C18H17FN2O3/c1-23-16-7-6-13(11-17(16)24-2)18(22)21-9-8-15(20-21)12-4-3-5-14(19)10-12/h3-7,10-11H,8-9H2,1-2H3. The van der Waals surface area contributed by atoms with Crippen molar-refractivity contribution in [1.82, 2.24) is 5.01 Å². The summed E-state index contributed by atoms with van der Waals surface area (Å²) in [4.78, 5) is 12.6. The molecule has 124 valence electrons. The van der Waals surface area contributed by atoms with E-state index >= 15 is 0 Å². The van der Waals surface area contributed by atoms with Crippen LogP contribution in [-0.4, -0.2) is 37.4 Å². The lowest BCUT2D eigenvalue weighted by Crippen LogP contribution is -2.23. The molecule has 5 nitrogen and oxygen atoms in total. The first-order chi connectivity index (χ1) is 11.6. The Labute approximate surface area is 139 Å². The number of hydrogen-bond acceptors (Lipinski definition) is 4. The largest absolute Gasteiger partial charge is 0.493 e. The summed E-state index contributed by atoms with van der Waals surface area (Å²) in [6.07, 6.45) is 0.586. The lowest BCUT2D eigenvalue weighted by atomic mass is 10.1. The van der Waals surface area contributed by atoms with Crippen LogP contribution < -0.4 is 9.47 Å². The van der Waals surface area contributed by atoms with Crippen LogP contribution in [0.5, 0.6) is 11.5 Å². The monoisotopic (exact) mass is 328 g/mol. The first kappa shape index (κ1) is 16.0. The fraction of sp³-hybridized carbons (Fsp3) is 0.222. The topological polar surface area (TPSA) is 51.1 Å².